The molecule has 1 aliphatic heterocycles. The Kier molecular flexibility index (Phi) is 6.93. The Bertz CT molecular complexity index is 319. The van der Waals surface area contributed by atoms with E-state index >= 15 is 0 Å². The molecule has 1 amide bonds. The van der Waals surface area contributed by atoms with Gasteiger partial charge in [-0.25, -0.2) is 0 Å². The van der Waals surface area contributed by atoms with Crippen LogP contribution in [-0.2, 0) is 9.53 Å². The number of nitrogens with zero attached hydrogens (tertiary/aromatic N) is 2. The Hall–Kier alpha value is -0.650. The number of carbonyl (C=O) groups is 1. The fraction of sp³-hybridized carbons (Fsp3) is 0.938. The fourth-order valence-corrected chi connectivity index (χ4v) is 3.51. The second-order valence-corrected chi connectivity index (χ2v) is 6.51. The molecule has 5 nitrogen and oxygen atoms in total. The summed E-state index contributed by atoms with van der Waals surface area (Å²) in [6, 6.07) is 0.131. The van der Waals surface area contributed by atoms with Crippen LogP contribution in [0.5, 0.6) is 0 Å². The van der Waals surface area contributed by atoms with Crippen LogP contribution in [0.25, 0.3) is 0 Å². The van der Waals surface area contributed by atoms with Crippen molar-refractivity contribution in [3.8, 4) is 0 Å². The van der Waals surface area contributed by atoms with E-state index in [1.165, 1.54) is 32.1 Å². The van der Waals surface area contributed by atoms with E-state index in [0.29, 0.717) is 44.5 Å². The lowest BCUT2D eigenvalue weighted by Crippen LogP contribution is -2.53. The van der Waals surface area contributed by atoms with E-state index in [1.807, 2.05) is 11.9 Å². The molecular formula is C16H30N2O3. The molecule has 2 rings (SSSR count). The van der Waals surface area contributed by atoms with E-state index in [1.54, 1.807) is 0 Å². The number of ether oxygens (including phenoxy) is 1. The van der Waals surface area contributed by atoms with E-state index in [-0.39, 0.29) is 12.6 Å². The number of aliphatic hydroxyl groups is 1. The molecule has 5 heteroatoms. The summed E-state index contributed by atoms with van der Waals surface area (Å²) in [5.41, 5.74) is 0. The average Bonchev–Trinajstić information content (AvgIpc) is 2.49. The number of rotatable bonds is 6. The number of morpholine rings is 1. The average molecular weight is 298 g/mol. The third-order valence-corrected chi connectivity index (χ3v) is 4.74. The minimum atomic E-state index is 0.131. The van der Waals surface area contributed by atoms with Crippen LogP contribution < -0.4 is 0 Å². The lowest BCUT2D eigenvalue weighted by molar-refractivity contribution is -0.141. The van der Waals surface area contributed by atoms with E-state index < -0.39 is 0 Å². The van der Waals surface area contributed by atoms with Crippen LogP contribution in [0.4, 0.5) is 0 Å². The topological polar surface area (TPSA) is 53.0 Å². The molecule has 1 aliphatic carbocycles. The van der Waals surface area contributed by atoms with Crippen molar-refractivity contribution in [1.29, 1.82) is 0 Å². The fourth-order valence-electron chi connectivity index (χ4n) is 3.51. The molecule has 0 radical (unpaired) electrons. The van der Waals surface area contributed by atoms with Gasteiger partial charge in [0.1, 0.15) is 0 Å². The summed E-state index contributed by atoms with van der Waals surface area (Å²) in [4.78, 5) is 16.7. The zero-order chi connectivity index (χ0) is 15.1. The third-order valence-electron chi connectivity index (χ3n) is 4.74. The van der Waals surface area contributed by atoms with E-state index in [9.17, 15) is 4.79 Å². The highest BCUT2D eigenvalue weighted by Crippen LogP contribution is 2.27. The second kappa shape index (κ2) is 8.71. The van der Waals surface area contributed by atoms with Crippen LogP contribution in [-0.4, -0.2) is 73.4 Å². The number of carbonyl (C=O) groups excluding carboxylic acids is 1. The van der Waals surface area contributed by atoms with Crippen LogP contribution in [0.2, 0.25) is 0 Å². The van der Waals surface area contributed by atoms with E-state index in [2.05, 4.69) is 4.90 Å². The van der Waals surface area contributed by atoms with Crippen molar-refractivity contribution in [2.45, 2.75) is 44.6 Å². The molecule has 1 saturated heterocycles. The van der Waals surface area contributed by atoms with Crippen molar-refractivity contribution >= 4 is 5.91 Å². The molecule has 0 spiro atoms. The first-order valence-corrected chi connectivity index (χ1v) is 8.37. The van der Waals surface area contributed by atoms with Gasteiger partial charge in [-0.3, -0.25) is 4.79 Å². The first-order valence-electron chi connectivity index (χ1n) is 8.37. The number of hydrogen-bond donors (Lipinski definition) is 1. The Labute approximate surface area is 128 Å². The lowest BCUT2D eigenvalue weighted by atomic mass is 9.86. The standard InChI is InChI=1S/C16H30N2O3/c1-17(7-9-19)12-15-13-21-10-8-18(15)16(20)11-14-5-3-2-4-6-14/h14-15,19H,2-13H2,1H3. The molecular weight excluding hydrogens is 268 g/mol. The van der Waals surface area contributed by atoms with Gasteiger partial charge in [-0.2, -0.15) is 0 Å². The minimum absolute atomic E-state index is 0.131. The smallest absolute Gasteiger partial charge is 0.223 e. The molecule has 1 atom stereocenters. The molecule has 122 valence electrons. The Morgan fingerprint density at radius 1 is 1.33 bits per heavy atom. The second-order valence-electron chi connectivity index (χ2n) is 6.51. The molecule has 2 aliphatic rings. The van der Waals surface area contributed by atoms with E-state index in [4.69, 9.17) is 9.84 Å². The minimum Gasteiger partial charge on any atom is -0.395 e. The van der Waals surface area contributed by atoms with Gasteiger partial charge in [0.25, 0.3) is 0 Å². The number of hydrogen-bond acceptors (Lipinski definition) is 4. The maximum atomic E-state index is 12.6. The maximum absolute atomic E-state index is 12.6. The summed E-state index contributed by atoms with van der Waals surface area (Å²) in [5, 5.41) is 9.00. The Morgan fingerprint density at radius 2 is 2.10 bits per heavy atom. The highest BCUT2D eigenvalue weighted by Gasteiger charge is 2.29. The predicted octanol–water partition coefficient (Wildman–Crippen LogP) is 1.11. The van der Waals surface area contributed by atoms with Crippen LogP contribution >= 0.6 is 0 Å². The molecule has 1 N–H and O–H groups in total. The SMILES string of the molecule is CN(CCO)CC1COCCN1C(=O)CC1CCCCC1. The Balaban J connectivity index is 1.85. The van der Waals surface area contributed by atoms with E-state index in [0.717, 1.165) is 6.54 Å². The van der Waals surface area contributed by atoms with Gasteiger partial charge in [-0.05, 0) is 25.8 Å². The van der Waals surface area contributed by atoms with Gasteiger partial charge in [0.05, 0.1) is 25.9 Å². The van der Waals surface area contributed by atoms with Crippen molar-refractivity contribution in [3.63, 3.8) is 0 Å². The zero-order valence-corrected chi connectivity index (χ0v) is 13.3. The predicted molar refractivity (Wildman–Crippen MR) is 82.1 cm³/mol. The summed E-state index contributed by atoms with van der Waals surface area (Å²) in [6.07, 6.45) is 7.03. The van der Waals surface area contributed by atoms with Crippen LogP contribution in [0.15, 0.2) is 0 Å². The summed E-state index contributed by atoms with van der Waals surface area (Å²) < 4.78 is 5.55. The van der Waals surface area contributed by atoms with Gasteiger partial charge < -0.3 is 19.6 Å². The van der Waals surface area contributed by atoms with Crippen LogP contribution in [0, 0.1) is 5.92 Å². The van der Waals surface area contributed by atoms with Crippen molar-refractivity contribution in [1.82, 2.24) is 9.80 Å². The number of likely N-dealkylation sites (N-methyl/N-ethyl adjacent to an activating group) is 1. The van der Waals surface area contributed by atoms with Gasteiger partial charge in [0.2, 0.25) is 5.91 Å². The summed E-state index contributed by atoms with van der Waals surface area (Å²) in [6.45, 7) is 3.55. The first kappa shape index (κ1) is 16.7. The molecule has 0 bridgehead atoms. The first-order chi connectivity index (χ1) is 10.2. The molecule has 0 aromatic carbocycles. The van der Waals surface area contributed by atoms with Crippen molar-refractivity contribution < 1.29 is 14.6 Å². The molecule has 1 unspecified atom stereocenters. The van der Waals surface area contributed by atoms with Gasteiger partial charge in [-0.1, -0.05) is 19.3 Å². The molecule has 2 fully saturated rings. The number of amides is 1. The summed E-state index contributed by atoms with van der Waals surface area (Å²) in [5.74, 6) is 0.887. The lowest BCUT2D eigenvalue weighted by Gasteiger charge is -2.38. The van der Waals surface area contributed by atoms with Crippen molar-refractivity contribution in [2.75, 3.05) is 46.5 Å². The largest absolute Gasteiger partial charge is 0.395 e. The molecule has 1 heterocycles. The molecule has 1 saturated carbocycles. The van der Waals surface area contributed by atoms with Gasteiger partial charge in [0.15, 0.2) is 0 Å². The Morgan fingerprint density at radius 3 is 2.81 bits per heavy atom. The zero-order valence-electron chi connectivity index (χ0n) is 13.3. The normalized spacial score (nSPS) is 24.5. The highest BCUT2D eigenvalue weighted by atomic mass is 16.5. The quantitative estimate of drug-likeness (QED) is 0.798. The van der Waals surface area contributed by atoms with Gasteiger partial charge in [-0.15, -0.1) is 0 Å². The molecule has 0 aromatic rings. The monoisotopic (exact) mass is 298 g/mol. The third kappa shape index (κ3) is 5.24. The highest BCUT2D eigenvalue weighted by molar-refractivity contribution is 5.77. The summed E-state index contributed by atoms with van der Waals surface area (Å²) in [7, 11) is 1.98. The summed E-state index contributed by atoms with van der Waals surface area (Å²) >= 11 is 0. The van der Waals surface area contributed by atoms with Crippen molar-refractivity contribution in [3.05, 3.63) is 0 Å². The van der Waals surface area contributed by atoms with Gasteiger partial charge >= 0.3 is 0 Å². The molecule has 21 heavy (non-hydrogen) atoms. The van der Waals surface area contributed by atoms with Crippen LogP contribution in [0.3, 0.4) is 0 Å². The molecule has 0 aromatic heterocycles. The van der Waals surface area contributed by atoms with Crippen LogP contribution in [0.1, 0.15) is 38.5 Å². The van der Waals surface area contributed by atoms with Crippen molar-refractivity contribution in [2.24, 2.45) is 5.92 Å². The maximum Gasteiger partial charge on any atom is 0.223 e. The van der Waals surface area contributed by atoms with Gasteiger partial charge in [0, 0.05) is 26.1 Å². The number of aliphatic hydroxyl groups excluding tert-OH is 1.